The average Bonchev–Trinajstić information content (AvgIpc) is 3.12. The summed E-state index contributed by atoms with van der Waals surface area (Å²) in [5, 5.41) is 15.6. The molecule has 0 nitrogen and oxygen atoms in total. The molecule has 0 bridgehead atoms. The van der Waals surface area contributed by atoms with Gasteiger partial charge in [-0.2, -0.15) is 0 Å². The van der Waals surface area contributed by atoms with Crippen molar-refractivity contribution in [2.75, 3.05) is 0 Å². The Balaban J connectivity index is 1.30. The molecular weight excluding hydrogens is 553 g/mol. The normalized spacial score (nSPS) is 11.9. The topological polar surface area (TPSA) is 0 Å². The number of hydrogen-bond donors (Lipinski definition) is 0. The monoisotopic (exact) mass is 580 g/mol. The second-order valence-electron chi connectivity index (χ2n) is 12.4. The van der Waals surface area contributed by atoms with Crippen molar-refractivity contribution in [2.45, 2.75) is 0 Å². The molecule has 10 aromatic rings. The third-order valence-corrected chi connectivity index (χ3v) is 9.96. The van der Waals surface area contributed by atoms with Gasteiger partial charge in [0.25, 0.3) is 0 Å². The van der Waals surface area contributed by atoms with Crippen LogP contribution >= 0.6 is 0 Å². The predicted octanol–water partition coefficient (Wildman–Crippen LogP) is 13.0. The summed E-state index contributed by atoms with van der Waals surface area (Å²) < 4.78 is 0. The maximum atomic E-state index is 2.41. The van der Waals surface area contributed by atoms with Crippen LogP contribution in [0.2, 0.25) is 0 Å². The minimum atomic E-state index is 1.24. The summed E-state index contributed by atoms with van der Waals surface area (Å²) in [5.74, 6) is 0. The van der Waals surface area contributed by atoms with Crippen molar-refractivity contribution in [2.24, 2.45) is 0 Å². The lowest BCUT2D eigenvalue weighted by atomic mass is 9.83. The van der Waals surface area contributed by atoms with Crippen molar-refractivity contribution in [1.82, 2.24) is 0 Å². The van der Waals surface area contributed by atoms with Gasteiger partial charge in [-0.3, -0.25) is 0 Å². The fourth-order valence-electron chi connectivity index (χ4n) is 8.01. The van der Waals surface area contributed by atoms with E-state index in [2.05, 4.69) is 170 Å². The Morgan fingerprint density at radius 2 is 0.674 bits per heavy atom. The molecule has 0 atom stereocenters. The molecule has 10 aromatic carbocycles. The molecule has 0 heteroatoms. The highest BCUT2D eigenvalue weighted by atomic mass is 14.2. The van der Waals surface area contributed by atoms with Crippen LogP contribution in [0.25, 0.3) is 98.0 Å². The molecular formula is C46H28. The SMILES string of the molecule is c1ccc(-c2ccc(-c3c4ccccc4c(-c4cc5ccc6cccc7ccc(c4)c5c67)c4ccccc34)c3ccccc23)cc1. The van der Waals surface area contributed by atoms with Crippen molar-refractivity contribution in [3.8, 4) is 33.4 Å². The zero-order valence-electron chi connectivity index (χ0n) is 25.2. The van der Waals surface area contributed by atoms with Crippen LogP contribution in [0.3, 0.4) is 0 Å². The Hall–Kier alpha value is -5.98. The average molecular weight is 581 g/mol. The number of hydrogen-bond acceptors (Lipinski definition) is 0. The minimum Gasteiger partial charge on any atom is -0.0622 e. The third kappa shape index (κ3) is 3.62. The zero-order chi connectivity index (χ0) is 30.2. The Morgan fingerprint density at radius 1 is 0.239 bits per heavy atom. The largest absolute Gasteiger partial charge is 0.0622 e. The Kier molecular flexibility index (Phi) is 5.38. The molecule has 0 fully saturated rings. The summed E-state index contributed by atoms with van der Waals surface area (Å²) in [7, 11) is 0. The van der Waals surface area contributed by atoms with Crippen LogP contribution in [0.4, 0.5) is 0 Å². The fraction of sp³-hybridized carbons (Fsp3) is 0. The van der Waals surface area contributed by atoms with Crippen molar-refractivity contribution in [1.29, 1.82) is 0 Å². The highest BCUT2D eigenvalue weighted by molar-refractivity contribution is 6.27. The summed E-state index contributed by atoms with van der Waals surface area (Å²) in [6, 6.07) is 62.8. The lowest BCUT2D eigenvalue weighted by molar-refractivity contribution is 1.64. The van der Waals surface area contributed by atoms with E-state index in [4.69, 9.17) is 0 Å². The standard InChI is InChI=1S/C46H28/c1-2-11-29(12-3-1)35-25-26-42(37-16-5-4-15-36(35)37)46-40-19-8-6-17-38(40)45(39-18-7-9-20-41(39)46)34-27-32-23-21-30-13-10-14-31-22-24-33(28-34)44(32)43(30)31/h1-28H. The molecule has 0 aliphatic heterocycles. The van der Waals surface area contributed by atoms with E-state index in [-0.39, 0.29) is 0 Å². The first kappa shape index (κ1) is 25.4. The summed E-state index contributed by atoms with van der Waals surface area (Å²) in [6.45, 7) is 0. The van der Waals surface area contributed by atoms with Crippen molar-refractivity contribution in [3.05, 3.63) is 170 Å². The number of rotatable bonds is 3. The van der Waals surface area contributed by atoms with Gasteiger partial charge in [0.2, 0.25) is 0 Å². The second kappa shape index (κ2) is 9.76. The maximum absolute atomic E-state index is 2.41. The molecule has 46 heavy (non-hydrogen) atoms. The maximum Gasteiger partial charge on any atom is -0.00201 e. The summed E-state index contributed by atoms with van der Waals surface area (Å²) >= 11 is 0. The van der Waals surface area contributed by atoms with Gasteiger partial charge in [0.1, 0.15) is 0 Å². The molecule has 10 rings (SSSR count). The molecule has 212 valence electrons. The fourth-order valence-corrected chi connectivity index (χ4v) is 8.01. The van der Waals surface area contributed by atoms with Gasteiger partial charge in [0.15, 0.2) is 0 Å². The lowest BCUT2D eigenvalue weighted by Gasteiger charge is -2.20. The minimum absolute atomic E-state index is 1.24. The van der Waals surface area contributed by atoms with E-state index in [1.165, 1.54) is 98.0 Å². The molecule has 0 N–H and O–H groups in total. The van der Waals surface area contributed by atoms with Gasteiger partial charge in [-0.15, -0.1) is 0 Å². The van der Waals surface area contributed by atoms with Gasteiger partial charge in [-0.05, 0) is 110 Å². The molecule has 0 heterocycles. The molecule has 0 aliphatic carbocycles. The van der Waals surface area contributed by atoms with E-state index >= 15 is 0 Å². The predicted molar refractivity (Wildman–Crippen MR) is 199 cm³/mol. The Morgan fingerprint density at radius 3 is 1.26 bits per heavy atom. The first-order valence-electron chi connectivity index (χ1n) is 16.0. The van der Waals surface area contributed by atoms with Crippen molar-refractivity contribution >= 4 is 64.6 Å². The molecule has 0 spiro atoms. The van der Waals surface area contributed by atoms with Gasteiger partial charge in [0.05, 0.1) is 0 Å². The van der Waals surface area contributed by atoms with Gasteiger partial charge < -0.3 is 0 Å². The first-order chi connectivity index (χ1) is 22.8. The smallest absolute Gasteiger partial charge is 0.00201 e. The lowest BCUT2D eigenvalue weighted by Crippen LogP contribution is -1.93. The van der Waals surface area contributed by atoms with E-state index in [1.807, 2.05) is 0 Å². The van der Waals surface area contributed by atoms with Gasteiger partial charge in [-0.1, -0.05) is 158 Å². The van der Waals surface area contributed by atoms with Crippen molar-refractivity contribution < 1.29 is 0 Å². The van der Waals surface area contributed by atoms with E-state index in [1.54, 1.807) is 0 Å². The highest BCUT2D eigenvalue weighted by Gasteiger charge is 2.20. The van der Waals surface area contributed by atoms with E-state index in [9.17, 15) is 0 Å². The van der Waals surface area contributed by atoms with Gasteiger partial charge in [-0.25, -0.2) is 0 Å². The molecule has 0 aromatic heterocycles. The van der Waals surface area contributed by atoms with Gasteiger partial charge >= 0.3 is 0 Å². The summed E-state index contributed by atoms with van der Waals surface area (Å²) in [6.07, 6.45) is 0. The molecule has 0 unspecified atom stereocenters. The number of fused-ring (bicyclic) bond motifs is 3. The van der Waals surface area contributed by atoms with E-state index in [0.717, 1.165) is 0 Å². The third-order valence-electron chi connectivity index (χ3n) is 9.96. The van der Waals surface area contributed by atoms with Crippen LogP contribution in [-0.4, -0.2) is 0 Å². The summed E-state index contributed by atoms with van der Waals surface area (Å²) in [5.41, 5.74) is 7.62. The molecule has 0 saturated carbocycles. The quantitative estimate of drug-likeness (QED) is 0.144. The van der Waals surface area contributed by atoms with Crippen LogP contribution < -0.4 is 0 Å². The zero-order valence-corrected chi connectivity index (χ0v) is 25.2. The molecule has 0 saturated heterocycles. The van der Waals surface area contributed by atoms with Crippen LogP contribution in [0, 0.1) is 0 Å². The van der Waals surface area contributed by atoms with E-state index in [0.29, 0.717) is 0 Å². The Labute approximate surface area is 267 Å². The molecule has 0 amide bonds. The molecule has 0 aliphatic rings. The van der Waals surface area contributed by atoms with Crippen LogP contribution in [0.1, 0.15) is 0 Å². The van der Waals surface area contributed by atoms with Crippen LogP contribution in [0.15, 0.2) is 170 Å². The van der Waals surface area contributed by atoms with Crippen LogP contribution in [-0.2, 0) is 0 Å². The first-order valence-corrected chi connectivity index (χ1v) is 16.0. The Bertz CT molecular complexity index is 2660. The highest BCUT2D eigenvalue weighted by Crippen LogP contribution is 2.47. The second-order valence-corrected chi connectivity index (χ2v) is 12.4. The van der Waals surface area contributed by atoms with Crippen molar-refractivity contribution in [3.63, 3.8) is 0 Å². The summed E-state index contributed by atoms with van der Waals surface area (Å²) in [4.78, 5) is 0. The van der Waals surface area contributed by atoms with E-state index < -0.39 is 0 Å². The molecule has 0 radical (unpaired) electrons. The number of benzene rings is 10. The van der Waals surface area contributed by atoms with Crippen LogP contribution in [0.5, 0.6) is 0 Å². The van der Waals surface area contributed by atoms with Gasteiger partial charge in [0, 0.05) is 0 Å².